The normalized spacial score (nSPS) is 10.4. The molecule has 0 fully saturated rings. The minimum atomic E-state index is -1.21. The van der Waals surface area contributed by atoms with Crippen LogP contribution in [0.3, 0.4) is 0 Å². The maximum atomic E-state index is 14.0. The van der Waals surface area contributed by atoms with Crippen LogP contribution in [0.5, 0.6) is 0 Å². The van der Waals surface area contributed by atoms with Crippen LogP contribution in [0.2, 0.25) is 0 Å². The van der Waals surface area contributed by atoms with Crippen molar-refractivity contribution in [3.63, 3.8) is 0 Å². The molecule has 110 valence electrons. The van der Waals surface area contributed by atoms with Crippen LogP contribution < -0.4 is 5.32 Å². The van der Waals surface area contributed by atoms with Crippen molar-refractivity contribution in [1.29, 1.82) is 0 Å². The quantitative estimate of drug-likeness (QED) is 0.849. The molecule has 0 amide bonds. The number of nitrogens with one attached hydrogen (secondary N) is 1. The summed E-state index contributed by atoms with van der Waals surface area (Å²) < 4.78 is 27.3. The van der Waals surface area contributed by atoms with Gasteiger partial charge in [0.25, 0.3) is 0 Å². The van der Waals surface area contributed by atoms with Gasteiger partial charge in [-0.15, -0.1) is 0 Å². The molecule has 0 bridgehead atoms. The van der Waals surface area contributed by atoms with Gasteiger partial charge in [0.15, 0.2) is 5.82 Å². The molecule has 6 heteroatoms. The van der Waals surface area contributed by atoms with Crippen molar-refractivity contribution in [2.45, 2.75) is 6.42 Å². The maximum Gasteiger partial charge on any atom is 0.336 e. The lowest BCUT2D eigenvalue weighted by atomic mass is 10.1. The lowest BCUT2D eigenvalue weighted by Gasteiger charge is -2.10. The van der Waals surface area contributed by atoms with Crippen LogP contribution in [0, 0.1) is 11.6 Å². The van der Waals surface area contributed by atoms with Gasteiger partial charge in [0.05, 0.1) is 15.7 Å². The second-order valence-electron chi connectivity index (χ2n) is 4.36. The van der Waals surface area contributed by atoms with Crippen LogP contribution in [0.4, 0.5) is 14.5 Å². The van der Waals surface area contributed by atoms with Crippen LogP contribution >= 0.6 is 15.9 Å². The molecule has 21 heavy (non-hydrogen) atoms. The summed E-state index contributed by atoms with van der Waals surface area (Å²) in [6, 6.07) is 9.03. The Labute approximate surface area is 128 Å². The van der Waals surface area contributed by atoms with E-state index in [1.807, 2.05) is 0 Å². The minimum Gasteiger partial charge on any atom is -0.478 e. The minimum absolute atomic E-state index is 0.106. The predicted octanol–water partition coefficient (Wildman–Crippen LogP) is 4.08. The van der Waals surface area contributed by atoms with E-state index in [-0.39, 0.29) is 21.5 Å². The molecule has 2 aromatic rings. The highest BCUT2D eigenvalue weighted by Gasteiger charge is 2.15. The summed E-state index contributed by atoms with van der Waals surface area (Å²) in [6.07, 6.45) is 0.393. The molecule has 0 aliphatic heterocycles. The van der Waals surface area contributed by atoms with Crippen LogP contribution in [0.25, 0.3) is 0 Å². The van der Waals surface area contributed by atoms with E-state index in [2.05, 4.69) is 21.2 Å². The van der Waals surface area contributed by atoms with Crippen molar-refractivity contribution in [2.75, 3.05) is 11.9 Å². The van der Waals surface area contributed by atoms with Gasteiger partial charge in [0, 0.05) is 6.54 Å². The first-order valence-electron chi connectivity index (χ1n) is 6.19. The number of rotatable bonds is 5. The lowest BCUT2D eigenvalue weighted by molar-refractivity contribution is 0.0695. The van der Waals surface area contributed by atoms with E-state index in [0.29, 0.717) is 18.5 Å². The van der Waals surface area contributed by atoms with Crippen LogP contribution in [0.15, 0.2) is 40.9 Å². The van der Waals surface area contributed by atoms with Gasteiger partial charge in [-0.3, -0.25) is 0 Å². The molecule has 2 rings (SSSR count). The van der Waals surface area contributed by atoms with Crippen LogP contribution in [0.1, 0.15) is 15.9 Å². The summed E-state index contributed by atoms with van der Waals surface area (Å²) in [6.45, 7) is 0.330. The molecule has 0 heterocycles. The smallest absolute Gasteiger partial charge is 0.336 e. The fourth-order valence-electron chi connectivity index (χ4n) is 1.88. The number of aromatic carboxylic acids is 1. The molecule has 0 spiro atoms. The monoisotopic (exact) mass is 355 g/mol. The summed E-state index contributed by atoms with van der Waals surface area (Å²) in [7, 11) is 0. The third-order valence-corrected chi connectivity index (χ3v) is 3.76. The Balaban J connectivity index is 2.06. The Morgan fingerprint density at radius 1 is 1.19 bits per heavy atom. The number of carbonyl (C=O) groups is 1. The first-order valence-corrected chi connectivity index (χ1v) is 6.98. The van der Waals surface area contributed by atoms with E-state index < -0.39 is 11.8 Å². The number of anilines is 1. The van der Waals surface area contributed by atoms with Crippen molar-refractivity contribution >= 4 is 27.6 Å². The molecule has 0 atom stereocenters. The lowest BCUT2D eigenvalue weighted by Crippen LogP contribution is -2.09. The summed E-state index contributed by atoms with van der Waals surface area (Å²) in [5.74, 6) is -2.19. The van der Waals surface area contributed by atoms with Gasteiger partial charge in [0.1, 0.15) is 5.82 Å². The molecule has 2 N–H and O–H groups in total. The van der Waals surface area contributed by atoms with Crippen molar-refractivity contribution in [3.8, 4) is 0 Å². The predicted molar refractivity (Wildman–Crippen MR) is 79.7 cm³/mol. The van der Waals surface area contributed by atoms with E-state index in [1.54, 1.807) is 18.2 Å². The average Bonchev–Trinajstić information content (AvgIpc) is 2.45. The number of carboxylic acids is 1. The zero-order valence-corrected chi connectivity index (χ0v) is 12.5. The molecule has 0 aliphatic rings. The molecule has 0 aromatic heterocycles. The number of halogens is 3. The number of carboxylic acid groups (broad SMARTS) is 1. The second-order valence-corrected chi connectivity index (χ2v) is 5.15. The third-order valence-electron chi connectivity index (χ3n) is 2.98. The molecule has 0 saturated carbocycles. The highest BCUT2D eigenvalue weighted by atomic mass is 79.9. The molecular weight excluding hydrogens is 344 g/mol. The average molecular weight is 356 g/mol. The molecule has 0 aliphatic carbocycles. The molecular formula is C15H12BrF2NO2. The van der Waals surface area contributed by atoms with Crippen molar-refractivity contribution in [3.05, 3.63) is 63.6 Å². The van der Waals surface area contributed by atoms with Crippen LogP contribution in [-0.2, 0) is 6.42 Å². The fourth-order valence-corrected chi connectivity index (χ4v) is 2.40. The first kappa shape index (κ1) is 15.4. The Morgan fingerprint density at radius 2 is 1.90 bits per heavy atom. The van der Waals surface area contributed by atoms with Crippen molar-refractivity contribution in [2.24, 2.45) is 0 Å². The third kappa shape index (κ3) is 3.58. The van der Waals surface area contributed by atoms with Crippen molar-refractivity contribution in [1.82, 2.24) is 0 Å². The van der Waals surface area contributed by atoms with Crippen LogP contribution in [-0.4, -0.2) is 17.6 Å². The van der Waals surface area contributed by atoms with E-state index in [4.69, 9.17) is 5.11 Å². The number of hydrogen-bond acceptors (Lipinski definition) is 2. The Kier molecular flexibility index (Phi) is 4.90. The number of hydrogen-bond donors (Lipinski definition) is 2. The van der Waals surface area contributed by atoms with Gasteiger partial charge in [0.2, 0.25) is 0 Å². The van der Waals surface area contributed by atoms with E-state index >= 15 is 0 Å². The van der Waals surface area contributed by atoms with Crippen molar-refractivity contribution < 1.29 is 18.7 Å². The largest absolute Gasteiger partial charge is 0.478 e. The zero-order valence-electron chi connectivity index (χ0n) is 10.9. The molecule has 3 nitrogen and oxygen atoms in total. The van der Waals surface area contributed by atoms with Gasteiger partial charge < -0.3 is 10.4 Å². The van der Waals surface area contributed by atoms with Gasteiger partial charge in [-0.05, 0) is 46.1 Å². The second kappa shape index (κ2) is 6.67. The zero-order chi connectivity index (χ0) is 15.4. The highest BCUT2D eigenvalue weighted by molar-refractivity contribution is 9.10. The van der Waals surface area contributed by atoms with E-state index in [1.165, 1.54) is 18.2 Å². The molecule has 0 radical (unpaired) electrons. The van der Waals surface area contributed by atoms with E-state index in [9.17, 15) is 13.6 Å². The van der Waals surface area contributed by atoms with Gasteiger partial charge >= 0.3 is 5.97 Å². The summed E-state index contributed by atoms with van der Waals surface area (Å²) >= 11 is 2.92. The molecule has 0 unspecified atom stereocenters. The fraction of sp³-hybridized carbons (Fsp3) is 0.133. The summed E-state index contributed by atoms with van der Waals surface area (Å²) in [5.41, 5.74) is 0.557. The SMILES string of the molecule is O=C(O)c1ccc(NCCc2ccccc2F)c(F)c1Br. The topological polar surface area (TPSA) is 49.3 Å². The van der Waals surface area contributed by atoms with E-state index in [0.717, 1.165) is 0 Å². The standard InChI is InChI=1S/C15H12BrF2NO2/c16-13-10(15(20)21)5-6-12(14(13)18)19-8-7-9-3-1-2-4-11(9)17/h1-6,19H,7-8H2,(H,20,21). The number of benzene rings is 2. The summed E-state index contributed by atoms with van der Waals surface area (Å²) in [4.78, 5) is 10.9. The van der Waals surface area contributed by atoms with Gasteiger partial charge in [-0.2, -0.15) is 0 Å². The Morgan fingerprint density at radius 3 is 2.57 bits per heavy atom. The maximum absolute atomic E-state index is 14.0. The molecule has 0 saturated heterocycles. The van der Waals surface area contributed by atoms with Gasteiger partial charge in [-0.1, -0.05) is 18.2 Å². The molecule has 2 aromatic carbocycles. The highest BCUT2D eigenvalue weighted by Crippen LogP contribution is 2.27. The summed E-state index contributed by atoms with van der Waals surface area (Å²) in [5, 5.41) is 11.7. The Hall–Kier alpha value is -1.95. The Bertz CT molecular complexity index is 677. The first-order chi connectivity index (χ1) is 10.0. The van der Waals surface area contributed by atoms with Gasteiger partial charge in [-0.25, -0.2) is 13.6 Å².